The molecule has 0 saturated carbocycles. The normalized spacial score (nSPS) is 26.5. The monoisotopic (exact) mass is 229 g/mol. The molecule has 0 atom stereocenters. The minimum atomic E-state index is 0.330. The van der Waals surface area contributed by atoms with E-state index >= 15 is 0 Å². The van der Waals surface area contributed by atoms with Crippen molar-refractivity contribution in [1.82, 2.24) is 10.6 Å². The molecule has 0 aromatic rings. The molecule has 0 aliphatic carbocycles. The molecular weight excluding hydrogens is 215 g/mol. The molecule has 2 rings (SSSR count). The third-order valence-electron chi connectivity index (χ3n) is 2.59. The van der Waals surface area contributed by atoms with Crippen LogP contribution in [0.25, 0.3) is 0 Å². The van der Waals surface area contributed by atoms with Gasteiger partial charge in [-0.15, -0.1) is 0 Å². The summed E-state index contributed by atoms with van der Waals surface area (Å²) in [6.07, 6.45) is 9.09. The SMILES string of the molecule is [Se-]C1=CC2(C=CN1)CCNCC2. The summed E-state index contributed by atoms with van der Waals surface area (Å²) in [5.74, 6) is 0. The van der Waals surface area contributed by atoms with Crippen LogP contribution in [0.1, 0.15) is 12.8 Å². The summed E-state index contributed by atoms with van der Waals surface area (Å²) in [5.41, 5.74) is 0.330. The van der Waals surface area contributed by atoms with Crippen molar-refractivity contribution in [2.24, 2.45) is 5.41 Å². The molecule has 0 amide bonds. The van der Waals surface area contributed by atoms with E-state index in [9.17, 15) is 0 Å². The second kappa shape index (κ2) is 3.25. The van der Waals surface area contributed by atoms with E-state index in [1.54, 1.807) is 0 Å². The Morgan fingerprint density at radius 1 is 1.33 bits per heavy atom. The van der Waals surface area contributed by atoms with Crippen LogP contribution in [0, 0.1) is 5.41 Å². The van der Waals surface area contributed by atoms with Crippen LogP contribution < -0.4 is 10.6 Å². The van der Waals surface area contributed by atoms with Crippen LogP contribution in [-0.2, 0) is 0 Å². The van der Waals surface area contributed by atoms with Gasteiger partial charge in [0, 0.05) is 0 Å². The van der Waals surface area contributed by atoms with Gasteiger partial charge in [-0.2, -0.15) is 0 Å². The van der Waals surface area contributed by atoms with Gasteiger partial charge in [0.05, 0.1) is 0 Å². The Hall–Kier alpha value is -0.241. The van der Waals surface area contributed by atoms with Crippen LogP contribution in [0.3, 0.4) is 0 Å². The molecule has 0 radical (unpaired) electrons. The van der Waals surface area contributed by atoms with E-state index in [0.717, 1.165) is 13.1 Å². The van der Waals surface area contributed by atoms with Crippen LogP contribution in [0.2, 0.25) is 0 Å². The summed E-state index contributed by atoms with van der Waals surface area (Å²) in [7, 11) is 0. The van der Waals surface area contributed by atoms with E-state index in [0.29, 0.717) is 5.41 Å². The molecule has 0 aromatic carbocycles. The Balaban J connectivity index is 2.17. The van der Waals surface area contributed by atoms with E-state index in [-0.39, 0.29) is 0 Å². The number of piperidine rings is 1. The van der Waals surface area contributed by atoms with Gasteiger partial charge in [0.25, 0.3) is 0 Å². The van der Waals surface area contributed by atoms with Crippen molar-refractivity contribution in [2.75, 3.05) is 13.1 Å². The third kappa shape index (κ3) is 1.58. The summed E-state index contributed by atoms with van der Waals surface area (Å²) in [6, 6.07) is 0. The van der Waals surface area contributed by atoms with Crippen LogP contribution in [0.15, 0.2) is 22.9 Å². The maximum absolute atomic E-state index is 3.38. The zero-order chi connectivity index (χ0) is 8.44. The summed E-state index contributed by atoms with van der Waals surface area (Å²) in [6.45, 7) is 2.27. The van der Waals surface area contributed by atoms with Gasteiger partial charge >= 0.3 is 80.9 Å². The van der Waals surface area contributed by atoms with Crippen LogP contribution >= 0.6 is 0 Å². The van der Waals surface area contributed by atoms with Gasteiger partial charge in [-0.3, -0.25) is 0 Å². The van der Waals surface area contributed by atoms with Crippen molar-refractivity contribution in [2.45, 2.75) is 12.8 Å². The average Bonchev–Trinajstić information content (AvgIpc) is 2.05. The van der Waals surface area contributed by atoms with Gasteiger partial charge in [0.2, 0.25) is 0 Å². The van der Waals surface area contributed by atoms with E-state index in [2.05, 4.69) is 45.0 Å². The number of nitrogens with one attached hydrogen (secondary N) is 2. The van der Waals surface area contributed by atoms with Crippen LogP contribution in [0.4, 0.5) is 0 Å². The Morgan fingerprint density at radius 3 is 2.75 bits per heavy atom. The molecular formula is C9H13N2Se-. The first-order valence-electron chi connectivity index (χ1n) is 4.36. The molecule has 0 unspecified atom stereocenters. The van der Waals surface area contributed by atoms with Crippen LogP contribution in [-0.4, -0.2) is 29.1 Å². The molecule has 1 saturated heterocycles. The predicted octanol–water partition coefficient (Wildman–Crippen LogP) is 0.483. The Bertz CT molecular complexity index is 227. The zero-order valence-electron chi connectivity index (χ0n) is 6.97. The van der Waals surface area contributed by atoms with E-state index in [4.69, 9.17) is 0 Å². The second-order valence-electron chi connectivity index (χ2n) is 3.47. The molecule has 2 aliphatic rings. The molecule has 2 aliphatic heterocycles. The van der Waals surface area contributed by atoms with Crippen molar-refractivity contribution < 1.29 is 0 Å². The van der Waals surface area contributed by atoms with Gasteiger partial charge < -0.3 is 0 Å². The first-order valence-corrected chi connectivity index (χ1v) is 5.21. The van der Waals surface area contributed by atoms with E-state index in [1.807, 2.05) is 0 Å². The third-order valence-corrected chi connectivity index (χ3v) is 3.09. The first kappa shape index (κ1) is 8.36. The molecule has 3 heteroatoms. The van der Waals surface area contributed by atoms with Crippen molar-refractivity contribution in [3.8, 4) is 0 Å². The number of allylic oxidation sites excluding steroid dienone is 2. The number of rotatable bonds is 0. The number of hydrogen-bond acceptors (Lipinski definition) is 2. The van der Waals surface area contributed by atoms with E-state index < -0.39 is 0 Å². The Kier molecular flexibility index (Phi) is 2.26. The van der Waals surface area contributed by atoms with E-state index in [1.165, 1.54) is 17.4 Å². The maximum atomic E-state index is 3.38. The van der Waals surface area contributed by atoms with Gasteiger partial charge in [0.15, 0.2) is 0 Å². The quantitative estimate of drug-likeness (QED) is 0.589. The molecule has 1 fully saturated rings. The average molecular weight is 228 g/mol. The fourth-order valence-electron chi connectivity index (χ4n) is 1.84. The topological polar surface area (TPSA) is 24.1 Å². The summed E-state index contributed by atoms with van der Waals surface area (Å²) in [4.78, 5) is 0. The van der Waals surface area contributed by atoms with Gasteiger partial charge in [-0.1, -0.05) is 0 Å². The standard InChI is InChI=1S/C9H14N2Se/c12-8-7-9(3-6-11-8)1-4-10-5-2-9/h3,6-7,10-12H,1-2,4-5H2/p-1. The minimum absolute atomic E-state index is 0.330. The molecule has 0 aromatic heterocycles. The molecule has 2 N–H and O–H groups in total. The summed E-state index contributed by atoms with van der Waals surface area (Å²) >= 11 is 3.03. The fourth-order valence-corrected chi connectivity index (χ4v) is 2.48. The fraction of sp³-hybridized carbons (Fsp3) is 0.556. The van der Waals surface area contributed by atoms with Crippen molar-refractivity contribution in [3.63, 3.8) is 0 Å². The summed E-state index contributed by atoms with van der Waals surface area (Å²) in [5, 5.41) is 6.54. The molecule has 0 bridgehead atoms. The van der Waals surface area contributed by atoms with Crippen molar-refractivity contribution >= 4 is 16.0 Å². The molecule has 66 valence electrons. The van der Waals surface area contributed by atoms with Gasteiger partial charge in [-0.05, 0) is 0 Å². The molecule has 1 spiro atoms. The van der Waals surface area contributed by atoms with Gasteiger partial charge in [-0.25, -0.2) is 0 Å². The molecule has 2 nitrogen and oxygen atoms in total. The zero-order valence-corrected chi connectivity index (χ0v) is 8.68. The predicted molar refractivity (Wildman–Crippen MR) is 50.6 cm³/mol. The Labute approximate surface area is 81.3 Å². The van der Waals surface area contributed by atoms with Crippen molar-refractivity contribution in [1.29, 1.82) is 0 Å². The van der Waals surface area contributed by atoms with Crippen LogP contribution in [0.5, 0.6) is 0 Å². The second-order valence-corrected chi connectivity index (χ2v) is 4.39. The Morgan fingerprint density at radius 2 is 2.08 bits per heavy atom. The van der Waals surface area contributed by atoms with Gasteiger partial charge in [0.1, 0.15) is 0 Å². The summed E-state index contributed by atoms with van der Waals surface area (Å²) < 4.78 is 1.17. The first-order chi connectivity index (χ1) is 5.81. The number of dihydropyridines is 1. The van der Waals surface area contributed by atoms with Crippen molar-refractivity contribution in [3.05, 3.63) is 22.9 Å². The number of hydrogen-bond donors (Lipinski definition) is 2. The molecule has 12 heavy (non-hydrogen) atoms. The molecule has 2 heterocycles.